The lowest BCUT2D eigenvalue weighted by Gasteiger charge is -2.27. The molecule has 1 unspecified atom stereocenters. The Morgan fingerprint density at radius 3 is 2.41 bits per heavy atom. The number of amides is 3. The molecule has 0 spiro atoms. The average molecular weight is 301 g/mol. The standard InChI is InChI=1S/C15H12FN3O3/c16-11-7-4-8-19(12(11)20)9-15(10-5-2-1-3-6-10)13(21)17-14(22)18-15/h1-8H,9H2,(H2,17,18,21,22). The summed E-state index contributed by atoms with van der Waals surface area (Å²) in [6.45, 7) is -0.203. The first-order valence-corrected chi connectivity index (χ1v) is 6.57. The topological polar surface area (TPSA) is 80.2 Å². The van der Waals surface area contributed by atoms with Crippen molar-refractivity contribution in [3.63, 3.8) is 0 Å². The highest BCUT2D eigenvalue weighted by molar-refractivity contribution is 6.07. The number of aromatic nitrogens is 1. The summed E-state index contributed by atoms with van der Waals surface area (Å²) in [6.07, 6.45) is 1.37. The molecule has 2 aromatic rings. The van der Waals surface area contributed by atoms with Gasteiger partial charge in [0.1, 0.15) is 0 Å². The third-order valence-electron chi connectivity index (χ3n) is 3.59. The second-order valence-corrected chi connectivity index (χ2v) is 4.97. The van der Waals surface area contributed by atoms with Crippen LogP contribution in [0.4, 0.5) is 9.18 Å². The fourth-order valence-corrected chi connectivity index (χ4v) is 2.51. The van der Waals surface area contributed by atoms with E-state index in [1.165, 1.54) is 12.3 Å². The van der Waals surface area contributed by atoms with Crippen LogP contribution in [0.5, 0.6) is 0 Å². The third kappa shape index (κ3) is 2.16. The van der Waals surface area contributed by atoms with Gasteiger partial charge in [0.15, 0.2) is 11.4 Å². The van der Waals surface area contributed by atoms with Crippen LogP contribution >= 0.6 is 0 Å². The Morgan fingerprint density at radius 2 is 1.77 bits per heavy atom. The summed E-state index contributed by atoms with van der Waals surface area (Å²) in [5, 5.41) is 4.71. The number of nitrogens with one attached hydrogen (secondary N) is 2. The van der Waals surface area contributed by atoms with Crippen LogP contribution in [0, 0.1) is 5.82 Å². The number of benzene rings is 1. The molecule has 0 bridgehead atoms. The molecule has 1 aliphatic rings. The Hall–Kier alpha value is -2.96. The van der Waals surface area contributed by atoms with E-state index < -0.39 is 28.9 Å². The van der Waals surface area contributed by atoms with Gasteiger partial charge >= 0.3 is 6.03 Å². The van der Waals surface area contributed by atoms with Gasteiger partial charge in [-0.3, -0.25) is 14.9 Å². The Balaban J connectivity index is 2.12. The van der Waals surface area contributed by atoms with Crippen LogP contribution in [0.3, 0.4) is 0 Å². The van der Waals surface area contributed by atoms with E-state index in [-0.39, 0.29) is 6.54 Å². The molecular weight excluding hydrogens is 289 g/mol. The molecule has 2 N–H and O–H groups in total. The van der Waals surface area contributed by atoms with Crippen LogP contribution in [0.15, 0.2) is 53.5 Å². The Bertz CT molecular complexity index is 803. The number of hydrogen-bond donors (Lipinski definition) is 2. The zero-order valence-corrected chi connectivity index (χ0v) is 11.4. The summed E-state index contributed by atoms with van der Waals surface area (Å²) in [6, 6.07) is 10.3. The summed E-state index contributed by atoms with van der Waals surface area (Å²) in [5.41, 5.74) is -1.79. The van der Waals surface area contributed by atoms with Gasteiger partial charge in [-0.1, -0.05) is 30.3 Å². The molecule has 1 aliphatic heterocycles. The minimum absolute atomic E-state index is 0.203. The molecule has 0 radical (unpaired) electrons. The van der Waals surface area contributed by atoms with Crippen molar-refractivity contribution in [1.29, 1.82) is 0 Å². The van der Waals surface area contributed by atoms with E-state index >= 15 is 0 Å². The molecule has 3 rings (SSSR count). The van der Waals surface area contributed by atoms with E-state index in [1.807, 2.05) is 0 Å². The van der Waals surface area contributed by atoms with E-state index in [0.29, 0.717) is 5.56 Å². The van der Waals surface area contributed by atoms with Gasteiger partial charge < -0.3 is 9.88 Å². The van der Waals surface area contributed by atoms with Crippen molar-refractivity contribution in [2.45, 2.75) is 12.1 Å². The van der Waals surface area contributed by atoms with E-state index in [9.17, 15) is 18.8 Å². The highest BCUT2D eigenvalue weighted by Gasteiger charge is 2.48. The van der Waals surface area contributed by atoms with Gasteiger partial charge in [0.2, 0.25) is 0 Å². The molecule has 3 amide bonds. The highest BCUT2D eigenvalue weighted by atomic mass is 19.1. The molecule has 1 saturated heterocycles. The van der Waals surface area contributed by atoms with E-state index in [0.717, 1.165) is 10.6 Å². The molecule has 7 heteroatoms. The smallest absolute Gasteiger partial charge is 0.318 e. The first-order chi connectivity index (χ1) is 10.5. The maximum atomic E-state index is 13.4. The van der Waals surface area contributed by atoms with Crippen molar-refractivity contribution in [3.8, 4) is 0 Å². The van der Waals surface area contributed by atoms with Gasteiger partial charge in [-0.15, -0.1) is 0 Å². The molecule has 1 atom stereocenters. The molecule has 2 heterocycles. The average Bonchev–Trinajstić information content (AvgIpc) is 2.80. The van der Waals surface area contributed by atoms with Crippen molar-refractivity contribution >= 4 is 11.9 Å². The van der Waals surface area contributed by atoms with Crippen LogP contribution in [-0.4, -0.2) is 16.5 Å². The summed E-state index contributed by atoms with van der Waals surface area (Å²) < 4.78 is 14.5. The Labute approximate surface area is 124 Å². The molecule has 0 aliphatic carbocycles. The summed E-state index contributed by atoms with van der Waals surface area (Å²) in [7, 11) is 0. The number of halogens is 1. The fraction of sp³-hybridized carbons (Fsp3) is 0.133. The second kappa shape index (κ2) is 5.10. The van der Waals surface area contributed by atoms with E-state index in [4.69, 9.17) is 0 Å². The monoisotopic (exact) mass is 301 g/mol. The zero-order chi connectivity index (χ0) is 15.7. The first kappa shape index (κ1) is 14.0. The van der Waals surface area contributed by atoms with Gasteiger partial charge in [-0.25, -0.2) is 9.18 Å². The summed E-state index contributed by atoms with van der Waals surface area (Å²) >= 11 is 0. The van der Waals surface area contributed by atoms with E-state index in [2.05, 4.69) is 10.6 Å². The van der Waals surface area contributed by atoms with Crippen molar-refractivity contribution in [2.75, 3.05) is 0 Å². The quantitative estimate of drug-likeness (QED) is 0.820. The Morgan fingerprint density at radius 1 is 1.05 bits per heavy atom. The molecule has 6 nitrogen and oxygen atoms in total. The third-order valence-corrected chi connectivity index (χ3v) is 3.59. The number of carbonyl (C=O) groups excluding carboxylic acids is 2. The minimum Gasteiger partial charge on any atom is -0.318 e. The van der Waals surface area contributed by atoms with E-state index in [1.54, 1.807) is 30.3 Å². The molecule has 1 aromatic carbocycles. The molecular formula is C15H12FN3O3. The number of urea groups is 1. The number of pyridine rings is 1. The van der Waals surface area contributed by atoms with Gasteiger partial charge in [0.05, 0.1) is 6.54 Å². The largest absolute Gasteiger partial charge is 0.322 e. The SMILES string of the molecule is O=C1NC(=O)C(Cn2cccc(F)c2=O)(c2ccccc2)N1. The first-order valence-electron chi connectivity index (χ1n) is 6.57. The fourth-order valence-electron chi connectivity index (χ4n) is 2.51. The molecule has 22 heavy (non-hydrogen) atoms. The molecule has 1 fully saturated rings. The normalized spacial score (nSPS) is 20.6. The van der Waals surface area contributed by atoms with Gasteiger partial charge in [0, 0.05) is 6.20 Å². The maximum absolute atomic E-state index is 13.4. The second-order valence-electron chi connectivity index (χ2n) is 4.97. The minimum atomic E-state index is -1.45. The van der Waals surface area contributed by atoms with Crippen LogP contribution in [-0.2, 0) is 16.9 Å². The van der Waals surface area contributed by atoms with Crippen molar-refractivity contribution < 1.29 is 14.0 Å². The number of carbonyl (C=O) groups is 2. The predicted molar refractivity (Wildman–Crippen MR) is 75.5 cm³/mol. The van der Waals surface area contributed by atoms with Gasteiger partial charge in [-0.2, -0.15) is 0 Å². The summed E-state index contributed by atoms with van der Waals surface area (Å²) in [5.74, 6) is -1.50. The lowest BCUT2D eigenvalue weighted by Crippen LogP contribution is -2.49. The van der Waals surface area contributed by atoms with Crippen LogP contribution in [0.1, 0.15) is 5.56 Å². The number of nitrogens with zero attached hydrogens (tertiary/aromatic N) is 1. The summed E-state index contributed by atoms with van der Waals surface area (Å²) in [4.78, 5) is 35.7. The lowest BCUT2D eigenvalue weighted by atomic mass is 9.89. The van der Waals surface area contributed by atoms with Crippen molar-refractivity contribution in [3.05, 3.63) is 70.4 Å². The van der Waals surface area contributed by atoms with Crippen LogP contribution < -0.4 is 16.2 Å². The highest BCUT2D eigenvalue weighted by Crippen LogP contribution is 2.26. The maximum Gasteiger partial charge on any atom is 0.322 e. The zero-order valence-electron chi connectivity index (χ0n) is 11.4. The number of hydrogen-bond acceptors (Lipinski definition) is 3. The van der Waals surface area contributed by atoms with Crippen LogP contribution in [0.2, 0.25) is 0 Å². The Kier molecular flexibility index (Phi) is 3.25. The molecule has 1 aromatic heterocycles. The predicted octanol–water partition coefficient (Wildman–Crippen LogP) is 0.722. The van der Waals surface area contributed by atoms with Gasteiger partial charge in [0.25, 0.3) is 11.5 Å². The van der Waals surface area contributed by atoms with Crippen LogP contribution in [0.25, 0.3) is 0 Å². The molecule has 0 saturated carbocycles. The van der Waals surface area contributed by atoms with Gasteiger partial charge in [-0.05, 0) is 17.7 Å². The number of imide groups is 1. The van der Waals surface area contributed by atoms with Crippen molar-refractivity contribution in [1.82, 2.24) is 15.2 Å². The number of rotatable bonds is 3. The lowest BCUT2D eigenvalue weighted by molar-refractivity contribution is -0.124. The molecule has 112 valence electrons. The van der Waals surface area contributed by atoms with Crippen molar-refractivity contribution in [2.24, 2.45) is 0 Å².